The van der Waals surface area contributed by atoms with E-state index in [0.29, 0.717) is 0 Å². The molecule has 0 aliphatic heterocycles. The first-order chi connectivity index (χ1) is 13.8. The molecule has 0 atom stereocenters. The van der Waals surface area contributed by atoms with Crippen molar-refractivity contribution in [1.29, 1.82) is 0 Å². The third kappa shape index (κ3) is 7.07. The van der Waals surface area contributed by atoms with Gasteiger partial charge in [0.25, 0.3) is 0 Å². The van der Waals surface area contributed by atoms with Crippen molar-refractivity contribution in [3.63, 3.8) is 0 Å². The van der Waals surface area contributed by atoms with Gasteiger partial charge in [0.15, 0.2) is 0 Å². The molecule has 0 N–H and O–H groups in total. The standard InChI is InChI=1S/C28H48/c1-3-5-6-8-24-15-19-27(20-16-24)28-21-17-26(18-22-28)14-13-25-11-9-23(7-4-2)10-12-25/h4,7,13-14,23-28H,3,5-6,8-12,15-22H2,1-2H3. The summed E-state index contributed by atoms with van der Waals surface area (Å²) in [6.07, 6.45) is 33.6. The summed E-state index contributed by atoms with van der Waals surface area (Å²) in [4.78, 5) is 0. The first-order valence-corrected chi connectivity index (χ1v) is 13.1. The van der Waals surface area contributed by atoms with E-state index in [-0.39, 0.29) is 0 Å². The van der Waals surface area contributed by atoms with Gasteiger partial charge >= 0.3 is 0 Å². The Hall–Kier alpha value is -0.520. The van der Waals surface area contributed by atoms with Crippen molar-refractivity contribution in [2.24, 2.45) is 35.5 Å². The molecule has 3 rings (SSSR count). The molecule has 3 fully saturated rings. The summed E-state index contributed by atoms with van der Waals surface area (Å²) in [5.74, 6) is 5.86. The lowest BCUT2D eigenvalue weighted by atomic mass is 9.68. The predicted octanol–water partition coefficient (Wildman–Crippen LogP) is 9.12. The van der Waals surface area contributed by atoms with Crippen LogP contribution >= 0.6 is 0 Å². The smallest absolute Gasteiger partial charge is 0.0233 e. The van der Waals surface area contributed by atoms with Gasteiger partial charge in [0.1, 0.15) is 0 Å². The third-order valence-electron chi connectivity index (χ3n) is 8.53. The van der Waals surface area contributed by atoms with Gasteiger partial charge in [-0.2, -0.15) is 0 Å². The first kappa shape index (κ1) is 22.2. The Labute approximate surface area is 176 Å². The van der Waals surface area contributed by atoms with Crippen LogP contribution in [0, 0.1) is 35.5 Å². The van der Waals surface area contributed by atoms with Gasteiger partial charge in [-0.15, -0.1) is 0 Å². The fraction of sp³-hybridized carbons (Fsp3) is 0.857. The SMILES string of the molecule is CC=CC1CCC(C=CC2CCC(C3CCC(CCCCC)CC3)CC2)CC1. The van der Waals surface area contributed by atoms with E-state index in [2.05, 4.69) is 38.2 Å². The van der Waals surface area contributed by atoms with Crippen molar-refractivity contribution in [1.82, 2.24) is 0 Å². The lowest BCUT2D eigenvalue weighted by molar-refractivity contribution is 0.151. The lowest BCUT2D eigenvalue weighted by Gasteiger charge is -2.37. The molecule has 0 bridgehead atoms. The number of allylic oxidation sites excluding steroid dienone is 4. The molecular weight excluding hydrogens is 336 g/mol. The first-order valence-electron chi connectivity index (χ1n) is 13.1. The molecule has 0 radical (unpaired) electrons. The molecule has 0 aromatic rings. The van der Waals surface area contributed by atoms with Gasteiger partial charge in [0.05, 0.1) is 0 Å². The van der Waals surface area contributed by atoms with E-state index in [1.165, 1.54) is 77.0 Å². The summed E-state index contributed by atoms with van der Waals surface area (Å²) < 4.78 is 0. The minimum Gasteiger partial charge on any atom is -0.0914 e. The van der Waals surface area contributed by atoms with Crippen LogP contribution in [0.2, 0.25) is 0 Å². The summed E-state index contributed by atoms with van der Waals surface area (Å²) in [5, 5.41) is 0. The van der Waals surface area contributed by atoms with Crippen LogP contribution in [0.15, 0.2) is 24.3 Å². The monoisotopic (exact) mass is 384 g/mol. The van der Waals surface area contributed by atoms with Crippen molar-refractivity contribution in [3.05, 3.63) is 24.3 Å². The van der Waals surface area contributed by atoms with Crippen molar-refractivity contribution < 1.29 is 0 Å². The van der Waals surface area contributed by atoms with E-state index in [0.717, 1.165) is 35.5 Å². The van der Waals surface area contributed by atoms with E-state index < -0.39 is 0 Å². The third-order valence-corrected chi connectivity index (χ3v) is 8.53. The highest BCUT2D eigenvalue weighted by molar-refractivity contribution is 4.98. The zero-order chi connectivity index (χ0) is 19.6. The molecule has 0 spiro atoms. The number of hydrogen-bond acceptors (Lipinski definition) is 0. The number of unbranched alkanes of at least 4 members (excludes halogenated alkanes) is 2. The second-order valence-electron chi connectivity index (χ2n) is 10.5. The molecule has 3 aliphatic rings. The zero-order valence-corrected chi connectivity index (χ0v) is 19.1. The largest absolute Gasteiger partial charge is 0.0914 e. The van der Waals surface area contributed by atoms with Gasteiger partial charge in [-0.3, -0.25) is 0 Å². The Morgan fingerprint density at radius 2 is 1.04 bits per heavy atom. The highest BCUT2D eigenvalue weighted by Crippen LogP contribution is 2.42. The Morgan fingerprint density at radius 1 is 0.571 bits per heavy atom. The van der Waals surface area contributed by atoms with Gasteiger partial charge < -0.3 is 0 Å². The van der Waals surface area contributed by atoms with E-state index in [1.54, 1.807) is 25.7 Å². The molecule has 0 heteroatoms. The summed E-state index contributed by atoms with van der Waals surface area (Å²) >= 11 is 0. The van der Waals surface area contributed by atoms with Crippen molar-refractivity contribution in [3.8, 4) is 0 Å². The van der Waals surface area contributed by atoms with Crippen LogP contribution in [-0.4, -0.2) is 0 Å². The number of rotatable bonds is 8. The van der Waals surface area contributed by atoms with Crippen molar-refractivity contribution in [2.75, 3.05) is 0 Å². The molecule has 0 saturated heterocycles. The average Bonchev–Trinajstić information content (AvgIpc) is 2.75. The molecule has 0 heterocycles. The van der Waals surface area contributed by atoms with Crippen molar-refractivity contribution in [2.45, 2.75) is 117 Å². The quantitative estimate of drug-likeness (QED) is 0.289. The maximum absolute atomic E-state index is 2.64. The van der Waals surface area contributed by atoms with Crippen molar-refractivity contribution >= 4 is 0 Å². The van der Waals surface area contributed by atoms with Gasteiger partial charge in [0.2, 0.25) is 0 Å². The molecule has 0 nitrogen and oxygen atoms in total. The molecular formula is C28H48. The van der Waals surface area contributed by atoms with E-state index >= 15 is 0 Å². The minimum atomic E-state index is 0.867. The molecule has 0 aromatic heterocycles. The molecule has 0 amide bonds. The Morgan fingerprint density at radius 3 is 1.54 bits per heavy atom. The summed E-state index contributed by atoms with van der Waals surface area (Å²) in [6.45, 7) is 4.50. The van der Waals surface area contributed by atoms with Gasteiger partial charge in [-0.1, -0.05) is 69.8 Å². The Bertz CT molecular complexity index is 448. The van der Waals surface area contributed by atoms with Crippen LogP contribution in [-0.2, 0) is 0 Å². The second kappa shape index (κ2) is 12.2. The van der Waals surface area contributed by atoms with E-state index in [1.807, 2.05) is 0 Å². The molecule has 160 valence electrons. The van der Waals surface area contributed by atoms with Crippen LogP contribution in [0.5, 0.6) is 0 Å². The van der Waals surface area contributed by atoms with Crippen LogP contribution in [0.25, 0.3) is 0 Å². The lowest BCUT2D eigenvalue weighted by Crippen LogP contribution is -2.25. The molecule has 0 unspecified atom stereocenters. The van der Waals surface area contributed by atoms with Gasteiger partial charge in [0, 0.05) is 0 Å². The van der Waals surface area contributed by atoms with Gasteiger partial charge in [-0.25, -0.2) is 0 Å². The highest BCUT2D eigenvalue weighted by atomic mass is 14.4. The maximum atomic E-state index is 2.64. The Balaban J connectivity index is 1.31. The predicted molar refractivity (Wildman–Crippen MR) is 124 cm³/mol. The zero-order valence-electron chi connectivity index (χ0n) is 19.1. The van der Waals surface area contributed by atoms with Crippen LogP contribution in [0.1, 0.15) is 117 Å². The Kier molecular flexibility index (Phi) is 9.69. The van der Waals surface area contributed by atoms with Crippen LogP contribution in [0.3, 0.4) is 0 Å². The van der Waals surface area contributed by atoms with E-state index in [4.69, 9.17) is 0 Å². The summed E-state index contributed by atoms with van der Waals surface area (Å²) in [5.41, 5.74) is 0. The topological polar surface area (TPSA) is 0 Å². The second-order valence-corrected chi connectivity index (χ2v) is 10.5. The number of hydrogen-bond donors (Lipinski definition) is 0. The summed E-state index contributed by atoms with van der Waals surface area (Å²) in [6, 6.07) is 0. The fourth-order valence-corrected chi connectivity index (χ4v) is 6.56. The molecule has 3 aliphatic carbocycles. The van der Waals surface area contributed by atoms with Crippen LogP contribution in [0.4, 0.5) is 0 Å². The molecule has 3 saturated carbocycles. The average molecular weight is 385 g/mol. The summed E-state index contributed by atoms with van der Waals surface area (Å²) in [7, 11) is 0. The fourth-order valence-electron chi connectivity index (χ4n) is 6.56. The molecule has 28 heavy (non-hydrogen) atoms. The minimum absolute atomic E-state index is 0.867. The van der Waals surface area contributed by atoms with Gasteiger partial charge in [-0.05, 0) is 107 Å². The van der Waals surface area contributed by atoms with E-state index in [9.17, 15) is 0 Å². The molecule has 0 aromatic carbocycles. The van der Waals surface area contributed by atoms with Crippen LogP contribution < -0.4 is 0 Å². The maximum Gasteiger partial charge on any atom is -0.0233 e. The highest BCUT2D eigenvalue weighted by Gasteiger charge is 2.30. The normalized spacial score (nSPS) is 37.6.